The average molecular weight is 277 g/mol. The van der Waals surface area contributed by atoms with Crippen molar-refractivity contribution in [3.05, 3.63) is 46.2 Å². The van der Waals surface area contributed by atoms with Crippen molar-refractivity contribution in [2.24, 2.45) is 0 Å². The van der Waals surface area contributed by atoms with Crippen molar-refractivity contribution in [1.82, 2.24) is 0 Å². The summed E-state index contributed by atoms with van der Waals surface area (Å²) < 4.78 is 10.3. The van der Waals surface area contributed by atoms with Crippen LogP contribution >= 0.6 is 11.3 Å². The fourth-order valence-corrected chi connectivity index (χ4v) is 2.32. The number of methoxy groups -OCH3 is 1. The first-order valence-electron chi connectivity index (χ1n) is 5.82. The van der Waals surface area contributed by atoms with Crippen LogP contribution in [0.3, 0.4) is 0 Å². The number of hydrogen-bond donors (Lipinski definition) is 1. The van der Waals surface area contributed by atoms with Crippen molar-refractivity contribution in [3.63, 3.8) is 0 Å². The molecule has 1 aromatic heterocycles. The predicted octanol–water partition coefficient (Wildman–Crippen LogP) is 2.74. The minimum Gasteiger partial charge on any atom is -0.495 e. The molecule has 0 saturated carbocycles. The minimum absolute atomic E-state index is 0.363. The Morgan fingerprint density at radius 3 is 2.89 bits per heavy atom. The Kier molecular flexibility index (Phi) is 4.41. The standard InChI is InChI=1S/C14H15NO3S/c1-17-13-8-11(2-3-12(13)15)14(16)18-6-4-10-5-7-19-9-10/h2-3,5,7-9H,4,6,15H2,1H3. The molecule has 0 radical (unpaired) electrons. The van der Waals surface area contributed by atoms with Gasteiger partial charge in [-0.3, -0.25) is 0 Å². The van der Waals surface area contributed by atoms with Gasteiger partial charge >= 0.3 is 5.97 Å². The van der Waals surface area contributed by atoms with E-state index in [1.54, 1.807) is 29.5 Å². The zero-order valence-corrected chi connectivity index (χ0v) is 11.4. The van der Waals surface area contributed by atoms with E-state index < -0.39 is 0 Å². The maximum Gasteiger partial charge on any atom is 0.338 e. The van der Waals surface area contributed by atoms with Crippen molar-refractivity contribution in [2.75, 3.05) is 19.5 Å². The highest BCUT2D eigenvalue weighted by Gasteiger charge is 2.10. The highest BCUT2D eigenvalue weighted by molar-refractivity contribution is 7.07. The number of nitrogens with two attached hydrogens (primary N) is 1. The van der Waals surface area contributed by atoms with Crippen LogP contribution in [-0.2, 0) is 11.2 Å². The highest BCUT2D eigenvalue weighted by Crippen LogP contribution is 2.22. The molecule has 5 heteroatoms. The Balaban J connectivity index is 1.92. The molecule has 2 aromatic rings. The van der Waals surface area contributed by atoms with Gasteiger partial charge in [-0.1, -0.05) is 0 Å². The first-order chi connectivity index (χ1) is 9.20. The molecule has 0 aliphatic rings. The third-order valence-electron chi connectivity index (χ3n) is 2.67. The molecule has 1 heterocycles. The number of benzene rings is 1. The summed E-state index contributed by atoms with van der Waals surface area (Å²) in [5.74, 6) is 0.112. The Bertz CT molecular complexity index is 552. The van der Waals surface area contributed by atoms with E-state index >= 15 is 0 Å². The van der Waals surface area contributed by atoms with Crippen LogP contribution in [0.5, 0.6) is 5.75 Å². The van der Waals surface area contributed by atoms with Crippen molar-refractivity contribution >= 4 is 23.0 Å². The Morgan fingerprint density at radius 2 is 2.21 bits per heavy atom. The summed E-state index contributed by atoms with van der Waals surface area (Å²) in [7, 11) is 1.51. The van der Waals surface area contributed by atoms with Crippen molar-refractivity contribution in [2.45, 2.75) is 6.42 Å². The third-order valence-corrected chi connectivity index (χ3v) is 3.41. The molecule has 2 rings (SSSR count). The Morgan fingerprint density at radius 1 is 1.37 bits per heavy atom. The van der Waals surface area contributed by atoms with Gasteiger partial charge in [0.25, 0.3) is 0 Å². The largest absolute Gasteiger partial charge is 0.495 e. The molecule has 0 bridgehead atoms. The maximum absolute atomic E-state index is 11.8. The fraction of sp³-hybridized carbons (Fsp3) is 0.214. The second-order valence-electron chi connectivity index (χ2n) is 3.97. The van der Waals surface area contributed by atoms with Gasteiger partial charge in [0.15, 0.2) is 0 Å². The zero-order chi connectivity index (χ0) is 13.7. The number of carbonyl (C=O) groups is 1. The van der Waals surface area contributed by atoms with Gasteiger partial charge in [-0.2, -0.15) is 11.3 Å². The Hall–Kier alpha value is -2.01. The summed E-state index contributed by atoms with van der Waals surface area (Å²) in [6.45, 7) is 0.363. The molecule has 0 unspecified atom stereocenters. The summed E-state index contributed by atoms with van der Waals surface area (Å²) >= 11 is 1.63. The molecule has 2 N–H and O–H groups in total. The van der Waals surface area contributed by atoms with Gasteiger partial charge in [-0.15, -0.1) is 0 Å². The first-order valence-corrected chi connectivity index (χ1v) is 6.76. The van der Waals surface area contributed by atoms with E-state index in [0.717, 1.165) is 6.42 Å². The van der Waals surface area contributed by atoms with Crippen molar-refractivity contribution < 1.29 is 14.3 Å². The molecule has 0 aliphatic carbocycles. The number of esters is 1. The second kappa shape index (κ2) is 6.24. The van der Waals surface area contributed by atoms with Crippen molar-refractivity contribution in [3.8, 4) is 5.75 Å². The van der Waals surface area contributed by atoms with Crippen LogP contribution in [-0.4, -0.2) is 19.7 Å². The summed E-state index contributed by atoms with van der Waals surface area (Å²) in [5, 5.41) is 4.04. The van der Waals surface area contributed by atoms with Gasteiger partial charge in [0, 0.05) is 6.42 Å². The Labute approximate surface area is 115 Å². The van der Waals surface area contributed by atoms with E-state index in [9.17, 15) is 4.79 Å². The van der Waals surface area contributed by atoms with E-state index in [4.69, 9.17) is 15.2 Å². The molecular formula is C14H15NO3S. The number of thiophene rings is 1. The van der Waals surface area contributed by atoms with Crippen LogP contribution in [0.1, 0.15) is 15.9 Å². The SMILES string of the molecule is COc1cc(C(=O)OCCc2ccsc2)ccc1N. The van der Waals surface area contributed by atoms with Crippen molar-refractivity contribution in [1.29, 1.82) is 0 Å². The number of anilines is 1. The normalized spacial score (nSPS) is 10.2. The monoisotopic (exact) mass is 277 g/mol. The van der Waals surface area contributed by atoms with E-state index in [2.05, 4.69) is 0 Å². The summed E-state index contributed by atoms with van der Waals surface area (Å²) in [6.07, 6.45) is 0.724. The van der Waals surface area contributed by atoms with Gasteiger partial charge in [0.2, 0.25) is 0 Å². The lowest BCUT2D eigenvalue weighted by Crippen LogP contribution is -2.08. The average Bonchev–Trinajstić information content (AvgIpc) is 2.92. The molecule has 0 fully saturated rings. The van der Waals surface area contributed by atoms with E-state index in [1.807, 2.05) is 16.8 Å². The maximum atomic E-state index is 11.8. The topological polar surface area (TPSA) is 61.5 Å². The van der Waals surface area contributed by atoms with Gasteiger partial charge in [0.1, 0.15) is 5.75 Å². The molecule has 4 nitrogen and oxygen atoms in total. The van der Waals surface area contributed by atoms with Crippen LogP contribution in [0.15, 0.2) is 35.0 Å². The summed E-state index contributed by atoms with van der Waals surface area (Å²) in [5.41, 5.74) is 7.80. The highest BCUT2D eigenvalue weighted by atomic mass is 32.1. The molecule has 0 amide bonds. The molecule has 0 saturated heterocycles. The van der Waals surface area contributed by atoms with Gasteiger partial charge in [-0.05, 0) is 40.6 Å². The first kappa shape index (κ1) is 13.4. The lowest BCUT2D eigenvalue weighted by atomic mass is 10.2. The van der Waals surface area contributed by atoms with Gasteiger partial charge < -0.3 is 15.2 Å². The number of carbonyl (C=O) groups excluding carboxylic acids is 1. The second-order valence-corrected chi connectivity index (χ2v) is 4.75. The number of hydrogen-bond acceptors (Lipinski definition) is 5. The molecule has 0 atom stereocenters. The van der Waals surface area contributed by atoms with Crippen LogP contribution in [0.4, 0.5) is 5.69 Å². The number of nitrogen functional groups attached to an aromatic ring is 1. The van der Waals surface area contributed by atoms with Crippen LogP contribution in [0.2, 0.25) is 0 Å². The van der Waals surface area contributed by atoms with Crippen LogP contribution in [0, 0.1) is 0 Å². The van der Waals surface area contributed by atoms with Gasteiger partial charge in [0.05, 0.1) is 25.0 Å². The molecule has 0 aliphatic heterocycles. The minimum atomic E-state index is -0.367. The van der Waals surface area contributed by atoms with E-state index in [1.165, 1.54) is 12.7 Å². The smallest absolute Gasteiger partial charge is 0.338 e. The van der Waals surface area contributed by atoms with Crippen LogP contribution in [0.25, 0.3) is 0 Å². The number of ether oxygens (including phenoxy) is 2. The third kappa shape index (κ3) is 3.48. The van der Waals surface area contributed by atoms with E-state index in [-0.39, 0.29) is 5.97 Å². The lowest BCUT2D eigenvalue weighted by Gasteiger charge is -2.07. The van der Waals surface area contributed by atoms with Gasteiger partial charge in [-0.25, -0.2) is 4.79 Å². The predicted molar refractivity (Wildman–Crippen MR) is 75.7 cm³/mol. The number of rotatable bonds is 5. The summed E-state index contributed by atoms with van der Waals surface area (Å²) in [6, 6.07) is 6.87. The quantitative estimate of drug-likeness (QED) is 0.674. The molecule has 19 heavy (non-hydrogen) atoms. The molecule has 100 valence electrons. The lowest BCUT2D eigenvalue weighted by molar-refractivity contribution is 0.0509. The van der Waals surface area contributed by atoms with Crippen LogP contribution < -0.4 is 10.5 Å². The molecular weight excluding hydrogens is 262 g/mol. The zero-order valence-electron chi connectivity index (χ0n) is 10.6. The molecule has 0 spiro atoms. The molecule has 1 aromatic carbocycles. The van der Waals surface area contributed by atoms with E-state index in [0.29, 0.717) is 23.6 Å². The summed E-state index contributed by atoms with van der Waals surface area (Å²) in [4.78, 5) is 11.8. The fourth-order valence-electron chi connectivity index (χ4n) is 1.62.